The summed E-state index contributed by atoms with van der Waals surface area (Å²) in [5, 5.41) is 13.9. The number of hydrogen-bond acceptors (Lipinski definition) is 4. The molecule has 1 aliphatic carbocycles. The van der Waals surface area contributed by atoms with Crippen LogP contribution in [0, 0.1) is 16.0 Å². The molecule has 0 saturated heterocycles. The highest BCUT2D eigenvalue weighted by Crippen LogP contribution is 2.29. The molecule has 0 bridgehead atoms. The van der Waals surface area contributed by atoms with Crippen LogP contribution in [-0.2, 0) is 0 Å². The van der Waals surface area contributed by atoms with E-state index in [1.54, 1.807) is 6.07 Å². The summed E-state index contributed by atoms with van der Waals surface area (Å²) < 4.78 is 0. The van der Waals surface area contributed by atoms with Crippen molar-refractivity contribution in [3.8, 4) is 0 Å². The van der Waals surface area contributed by atoms with Crippen molar-refractivity contribution >= 4 is 22.7 Å². The number of aromatic nitrogens is 2. The molecule has 2 aromatic rings. The number of nitro groups is 1. The number of rotatable bonds is 5. The van der Waals surface area contributed by atoms with Crippen molar-refractivity contribution in [2.75, 3.05) is 11.9 Å². The molecule has 100 valence electrons. The standard InChI is InChI=1S/C13H16N4O2/c18-17(19)10-4-5-11-12(8-10)16-13(15-11)14-7-6-9-2-1-3-9/h4-5,8-9H,1-3,6-7H2,(H2,14,15,16). The van der Waals surface area contributed by atoms with Crippen LogP contribution >= 0.6 is 0 Å². The molecular weight excluding hydrogens is 244 g/mol. The van der Waals surface area contributed by atoms with E-state index in [0.29, 0.717) is 11.5 Å². The summed E-state index contributed by atoms with van der Waals surface area (Å²) in [6.45, 7) is 0.895. The van der Waals surface area contributed by atoms with Gasteiger partial charge in [0.1, 0.15) is 0 Å². The number of hydrogen-bond donors (Lipinski definition) is 2. The summed E-state index contributed by atoms with van der Waals surface area (Å²) in [6.07, 6.45) is 5.21. The molecule has 1 heterocycles. The van der Waals surface area contributed by atoms with Crippen molar-refractivity contribution in [1.82, 2.24) is 9.97 Å². The number of nitrogens with one attached hydrogen (secondary N) is 2. The first kappa shape index (κ1) is 12.0. The topological polar surface area (TPSA) is 83.8 Å². The minimum absolute atomic E-state index is 0.0807. The number of anilines is 1. The van der Waals surface area contributed by atoms with Crippen molar-refractivity contribution in [3.05, 3.63) is 28.3 Å². The largest absolute Gasteiger partial charge is 0.356 e. The number of fused-ring (bicyclic) bond motifs is 1. The molecule has 0 atom stereocenters. The first-order valence-electron chi connectivity index (χ1n) is 6.60. The second-order valence-electron chi connectivity index (χ2n) is 5.06. The Bertz CT molecular complexity index is 604. The van der Waals surface area contributed by atoms with Gasteiger partial charge in [0.25, 0.3) is 5.69 Å². The third kappa shape index (κ3) is 2.52. The summed E-state index contributed by atoms with van der Waals surface area (Å²) in [5.41, 5.74) is 1.52. The highest BCUT2D eigenvalue weighted by Gasteiger charge is 2.16. The predicted molar refractivity (Wildman–Crippen MR) is 73.2 cm³/mol. The van der Waals surface area contributed by atoms with Crippen LogP contribution in [0.3, 0.4) is 0 Å². The van der Waals surface area contributed by atoms with E-state index in [9.17, 15) is 10.1 Å². The lowest BCUT2D eigenvalue weighted by Gasteiger charge is -2.24. The van der Waals surface area contributed by atoms with Crippen molar-refractivity contribution in [3.63, 3.8) is 0 Å². The summed E-state index contributed by atoms with van der Waals surface area (Å²) in [7, 11) is 0. The fourth-order valence-electron chi connectivity index (χ4n) is 2.37. The Balaban J connectivity index is 1.68. The Kier molecular flexibility index (Phi) is 3.06. The van der Waals surface area contributed by atoms with Crippen LogP contribution in [0.15, 0.2) is 18.2 Å². The van der Waals surface area contributed by atoms with Gasteiger partial charge in [0.15, 0.2) is 0 Å². The smallest absolute Gasteiger partial charge is 0.271 e. The molecule has 3 rings (SSSR count). The minimum Gasteiger partial charge on any atom is -0.356 e. The third-order valence-corrected chi connectivity index (χ3v) is 3.75. The van der Waals surface area contributed by atoms with E-state index >= 15 is 0 Å². The van der Waals surface area contributed by atoms with Gasteiger partial charge >= 0.3 is 0 Å². The Morgan fingerprint density at radius 1 is 1.47 bits per heavy atom. The molecule has 1 saturated carbocycles. The second-order valence-corrected chi connectivity index (χ2v) is 5.06. The fourth-order valence-corrected chi connectivity index (χ4v) is 2.37. The molecular formula is C13H16N4O2. The van der Waals surface area contributed by atoms with Crippen LogP contribution in [-0.4, -0.2) is 21.4 Å². The number of nitrogens with zero attached hydrogens (tertiary/aromatic N) is 2. The predicted octanol–water partition coefficient (Wildman–Crippen LogP) is 3.07. The van der Waals surface area contributed by atoms with Crippen molar-refractivity contribution < 1.29 is 4.92 Å². The Labute approximate surface area is 110 Å². The highest BCUT2D eigenvalue weighted by molar-refractivity contribution is 5.79. The SMILES string of the molecule is O=[N+]([O-])c1ccc2nc(NCCC3CCC3)[nH]c2c1. The molecule has 1 aliphatic rings. The van der Waals surface area contributed by atoms with Gasteiger partial charge in [-0.2, -0.15) is 0 Å². The first-order chi connectivity index (χ1) is 9.22. The van der Waals surface area contributed by atoms with E-state index in [1.807, 2.05) is 0 Å². The number of nitro benzene ring substituents is 1. The molecule has 0 amide bonds. The van der Waals surface area contributed by atoms with E-state index in [1.165, 1.54) is 31.4 Å². The maximum absolute atomic E-state index is 10.7. The van der Waals surface area contributed by atoms with Crippen LogP contribution in [0.25, 0.3) is 11.0 Å². The van der Waals surface area contributed by atoms with Gasteiger partial charge < -0.3 is 10.3 Å². The molecule has 1 aromatic heterocycles. The zero-order chi connectivity index (χ0) is 13.2. The van der Waals surface area contributed by atoms with Gasteiger partial charge in [0, 0.05) is 18.7 Å². The van der Waals surface area contributed by atoms with Crippen molar-refractivity contribution in [2.24, 2.45) is 5.92 Å². The van der Waals surface area contributed by atoms with Gasteiger partial charge in [0.2, 0.25) is 5.95 Å². The zero-order valence-electron chi connectivity index (χ0n) is 10.6. The number of aromatic amines is 1. The maximum atomic E-state index is 10.7. The molecule has 2 N–H and O–H groups in total. The normalized spacial score (nSPS) is 15.4. The average Bonchev–Trinajstić information content (AvgIpc) is 2.73. The van der Waals surface area contributed by atoms with Crippen LogP contribution in [0.2, 0.25) is 0 Å². The lowest BCUT2D eigenvalue weighted by molar-refractivity contribution is -0.384. The fraction of sp³-hybridized carbons (Fsp3) is 0.462. The molecule has 0 aliphatic heterocycles. The number of benzene rings is 1. The molecule has 1 aromatic carbocycles. The average molecular weight is 260 g/mol. The van der Waals surface area contributed by atoms with Gasteiger partial charge in [-0.1, -0.05) is 19.3 Å². The molecule has 6 heteroatoms. The monoisotopic (exact) mass is 260 g/mol. The Morgan fingerprint density at radius 2 is 2.32 bits per heavy atom. The van der Waals surface area contributed by atoms with Crippen LogP contribution in [0.5, 0.6) is 0 Å². The Morgan fingerprint density at radius 3 is 3.00 bits per heavy atom. The van der Waals surface area contributed by atoms with Gasteiger partial charge in [0.05, 0.1) is 16.0 Å². The van der Waals surface area contributed by atoms with E-state index < -0.39 is 4.92 Å². The van der Waals surface area contributed by atoms with Crippen LogP contribution in [0.4, 0.5) is 11.6 Å². The van der Waals surface area contributed by atoms with Crippen molar-refractivity contribution in [2.45, 2.75) is 25.7 Å². The van der Waals surface area contributed by atoms with Gasteiger partial charge in [-0.25, -0.2) is 4.98 Å². The summed E-state index contributed by atoms with van der Waals surface area (Å²) in [4.78, 5) is 17.7. The number of H-pyrrole nitrogens is 1. The molecule has 1 fully saturated rings. The third-order valence-electron chi connectivity index (χ3n) is 3.75. The summed E-state index contributed by atoms with van der Waals surface area (Å²) in [6, 6.07) is 4.65. The van der Waals surface area contributed by atoms with Gasteiger partial charge in [-0.15, -0.1) is 0 Å². The summed E-state index contributed by atoms with van der Waals surface area (Å²) in [5.74, 6) is 1.55. The molecule has 0 unspecified atom stereocenters. The Hall–Kier alpha value is -2.11. The minimum atomic E-state index is -0.399. The van der Waals surface area contributed by atoms with E-state index in [-0.39, 0.29) is 5.69 Å². The molecule has 0 radical (unpaired) electrons. The van der Waals surface area contributed by atoms with Gasteiger partial charge in [-0.05, 0) is 18.4 Å². The lowest BCUT2D eigenvalue weighted by atomic mass is 9.83. The number of non-ortho nitro benzene ring substituents is 1. The van der Waals surface area contributed by atoms with Crippen molar-refractivity contribution in [1.29, 1.82) is 0 Å². The van der Waals surface area contributed by atoms with Crippen LogP contribution in [0.1, 0.15) is 25.7 Å². The van der Waals surface area contributed by atoms with Crippen LogP contribution < -0.4 is 5.32 Å². The quantitative estimate of drug-likeness (QED) is 0.639. The van der Waals surface area contributed by atoms with E-state index in [4.69, 9.17) is 0 Å². The molecule has 19 heavy (non-hydrogen) atoms. The van der Waals surface area contributed by atoms with Gasteiger partial charge in [-0.3, -0.25) is 10.1 Å². The molecule has 6 nitrogen and oxygen atoms in total. The summed E-state index contributed by atoms with van der Waals surface area (Å²) >= 11 is 0. The van der Waals surface area contributed by atoms with E-state index in [0.717, 1.165) is 24.4 Å². The first-order valence-corrected chi connectivity index (χ1v) is 6.60. The zero-order valence-corrected chi connectivity index (χ0v) is 10.6. The maximum Gasteiger partial charge on any atom is 0.271 e. The van der Waals surface area contributed by atoms with E-state index in [2.05, 4.69) is 15.3 Å². The highest BCUT2D eigenvalue weighted by atomic mass is 16.6. The molecule has 0 spiro atoms. The number of imidazole rings is 1. The lowest BCUT2D eigenvalue weighted by Crippen LogP contribution is -2.15. The second kappa shape index (κ2) is 4.87.